The van der Waals surface area contributed by atoms with Crippen molar-refractivity contribution in [3.05, 3.63) is 29.3 Å². The maximum Gasteiger partial charge on any atom is 0.122 e. The summed E-state index contributed by atoms with van der Waals surface area (Å²) < 4.78 is 5.43. The van der Waals surface area contributed by atoms with Gasteiger partial charge in [-0.05, 0) is 22.6 Å². The van der Waals surface area contributed by atoms with Crippen LogP contribution < -0.4 is 10.1 Å². The fraction of sp³-hybridized carbons (Fsp3) is 0.600. The summed E-state index contributed by atoms with van der Waals surface area (Å²) >= 11 is 0. The Hall–Kier alpha value is -1.02. The highest BCUT2D eigenvalue weighted by Gasteiger charge is 2.19. The highest BCUT2D eigenvalue weighted by Crippen LogP contribution is 2.31. The van der Waals surface area contributed by atoms with E-state index in [1.165, 1.54) is 11.1 Å². The van der Waals surface area contributed by atoms with Crippen LogP contribution in [0.2, 0.25) is 0 Å². The third kappa shape index (κ3) is 4.04. The highest BCUT2D eigenvalue weighted by molar-refractivity contribution is 5.41. The molecule has 0 saturated heterocycles. The van der Waals surface area contributed by atoms with E-state index in [4.69, 9.17) is 4.74 Å². The smallest absolute Gasteiger partial charge is 0.122 e. The number of benzene rings is 1. The molecule has 0 bridgehead atoms. The van der Waals surface area contributed by atoms with Crippen LogP contribution in [-0.4, -0.2) is 13.2 Å². The van der Waals surface area contributed by atoms with Crippen molar-refractivity contribution in [2.24, 2.45) is 0 Å². The van der Waals surface area contributed by atoms with Crippen LogP contribution in [0.3, 0.4) is 0 Å². The molecule has 0 aromatic heterocycles. The van der Waals surface area contributed by atoms with Crippen LogP contribution in [0.1, 0.15) is 45.7 Å². The van der Waals surface area contributed by atoms with Gasteiger partial charge in [-0.1, -0.05) is 46.8 Å². The topological polar surface area (TPSA) is 21.3 Å². The molecule has 1 N–H and O–H groups in total. The summed E-state index contributed by atoms with van der Waals surface area (Å²) in [5.41, 5.74) is 2.69. The van der Waals surface area contributed by atoms with Gasteiger partial charge < -0.3 is 10.1 Å². The molecule has 0 aliphatic rings. The summed E-state index contributed by atoms with van der Waals surface area (Å²) in [6.07, 6.45) is 0. The van der Waals surface area contributed by atoms with Gasteiger partial charge in [-0.3, -0.25) is 0 Å². The molecule has 0 unspecified atom stereocenters. The first kappa shape index (κ1) is 14.0. The SMILES string of the molecule is COc1ccc(CNC(C)C)cc1C(C)(C)C. The van der Waals surface area contributed by atoms with E-state index in [2.05, 4.69) is 58.1 Å². The number of hydrogen-bond acceptors (Lipinski definition) is 2. The van der Waals surface area contributed by atoms with Crippen LogP contribution in [0.5, 0.6) is 5.75 Å². The summed E-state index contributed by atoms with van der Waals surface area (Å²) in [4.78, 5) is 0. The lowest BCUT2D eigenvalue weighted by Crippen LogP contribution is -2.22. The van der Waals surface area contributed by atoms with Crippen LogP contribution in [-0.2, 0) is 12.0 Å². The minimum atomic E-state index is 0.110. The standard InChI is InChI=1S/C15H25NO/c1-11(2)16-10-12-7-8-14(17-6)13(9-12)15(3,4)5/h7-9,11,16H,10H2,1-6H3. The van der Waals surface area contributed by atoms with E-state index in [0.29, 0.717) is 6.04 Å². The Kier molecular flexibility index (Phi) is 4.58. The first-order chi connectivity index (χ1) is 7.84. The maximum absolute atomic E-state index is 5.43. The molecule has 1 rings (SSSR count). The minimum Gasteiger partial charge on any atom is -0.496 e. The zero-order valence-corrected chi connectivity index (χ0v) is 11.9. The molecule has 0 spiro atoms. The predicted molar refractivity (Wildman–Crippen MR) is 73.7 cm³/mol. The second-order valence-electron chi connectivity index (χ2n) is 5.82. The Morgan fingerprint density at radius 3 is 2.35 bits per heavy atom. The van der Waals surface area contributed by atoms with Gasteiger partial charge in [0.2, 0.25) is 0 Å². The minimum absolute atomic E-state index is 0.110. The second-order valence-corrected chi connectivity index (χ2v) is 5.82. The Bertz CT molecular complexity index is 364. The molecule has 0 saturated carbocycles. The zero-order valence-electron chi connectivity index (χ0n) is 11.9. The Morgan fingerprint density at radius 1 is 1.24 bits per heavy atom. The molecule has 0 atom stereocenters. The normalized spacial score (nSPS) is 11.9. The van der Waals surface area contributed by atoms with Gasteiger partial charge >= 0.3 is 0 Å². The van der Waals surface area contributed by atoms with Gasteiger partial charge in [-0.2, -0.15) is 0 Å². The Morgan fingerprint density at radius 2 is 1.88 bits per heavy atom. The van der Waals surface area contributed by atoms with Crippen molar-refractivity contribution >= 4 is 0 Å². The van der Waals surface area contributed by atoms with E-state index in [-0.39, 0.29) is 5.41 Å². The average molecular weight is 235 g/mol. The summed E-state index contributed by atoms with van der Waals surface area (Å²) in [7, 11) is 1.73. The van der Waals surface area contributed by atoms with Gasteiger partial charge in [0.1, 0.15) is 5.75 Å². The quantitative estimate of drug-likeness (QED) is 0.862. The van der Waals surface area contributed by atoms with Crippen molar-refractivity contribution in [3.8, 4) is 5.75 Å². The van der Waals surface area contributed by atoms with Crippen molar-refractivity contribution in [2.45, 2.75) is 52.6 Å². The van der Waals surface area contributed by atoms with Crippen molar-refractivity contribution in [1.29, 1.82) is 0 Å². The molecule has 17 heavy (non-hydrogen) atoms. The molecule has 96 valence electrons. The van der Waals surface area contributed by atoms with Gasteiger partial charge in [-0.25, -0.2) is 0 Å². The number of rotatable bonds is 4. The lowest BCUT2D eigenvalue weighted by molar-refractivity contribution is 0.397. The number of nitrogens with one attached hydrogen (secondary N) is 1. The molecule has 1 aromatic carbocycles. The molecule has 0 fully saturated rings. The first-order valence-corrected chi connectivity index (χ1v) is 6.25. The van der Waals surface area contributed by atoms with Crippen LogP contribution in [0.25, 0.3) is 0 Å². The van der Waals surface area contributed by atoms with E-state index in [9.17, 15) is 0 Å². The summed E-state index contributed by atoms with van der Waals surface area (Å²) in [6, 6.07) is 6.95. The fourth-order valence-corrected chi connectivity index (χ4v) is 1.77. The van der Waals surface area contributed by atoms with Crippen LogP contribution in [0.4, 0.5) is 0 Å². The van der Waals surface area contributed by atoms with Crippen molar-refractivity contribution in [1.82, 2.24) is 5.32 Å². The van der Waals surface area contributed by atoms with Gasteiger partial charge in [0.05, 0.1) is 7.11 Å². The lowest BCUT2D eigenvalue weighted by atomic mass is 9.85. The van der Waals surface area contributed by atoms with Gasteiger partial charge in [0.25, 0.3) is 0 Å². The van der Waals surface area contributed by atoms with Crippen molar-refractivity contribution < 1.29 is 4.74 Å². The van der Waals surface area contributed by atoms with E-state index in [0.717, 1.165) is 12.3 Å². The average Bonchev–Trinajstić information content (AvgIpc) is 2.24. The van der Waals surface area contributed by atoms with Gasteiger partial charge in [-0.15, -0.1) is 0 Å². The molecule has 0 aliphatic heterocycles. The lowest BCUT2D eigenvalue weighted by Gasteiger charge is -2.23. The monoisotopic (exact) mass is 235 g/mol. The number of hydrogen-bond donors (Lipinski definition) is 1. The molecule has 0 aliphatic carbocycles. The van der Waals surface area contributed by atoms with Gasteiger partial charge in [0.15, 0.2) is 0 Å². The van der Waals surface area contributed by atoms with E-state index >= 15 is 0 Å². The summed E-state index contributed by atoms with van der Waals surface area (Å²) in [5.74, 6) is 0.978. The largest absolute Gasteiger partial charge is 0.496 e. The van der Waals surface area contributed by atoms with Crippen molar-refractivity contribution in [3.63, 3.8) is 0 Å². The molecule has 2 nitrogen and oxygen atoms in total. The maximum atomic E-state index is 5.43. The summed E-state index contributed by atoms with van der Waals surface area (Å²) in [5, 5.41) is 3.44. The highest BCUT2D eigenvalue weighted by atomic mass is 16.5. The molecule has 0 radical (unpaired) electrons. The van der Waals surface area contributed by atoms with Crippen molar-refractivity contribution in [2.75, 3.05) is 7.11 Å². The third-order valence-electron chi connectivity index (χ3n) is 2.79. The molecule has 0 heterocycles. The summed E-state index contributed by atoms with van der Waals surface area (Å²) in [6.45, 7) is 11.9. The third-order valence-corrected chi connectivity index (χ3v) is 2.79. The molecule has 0 amide bonds. The molecule has 1 aromatic rings. The Labute approximate surface area is 105 Å². The van der Waals surface area contributed by atoms with E-state index in [1.807, 2.05) is 0 Å². The first-order valence-electron chi connectivity index (χ1n) is 6.25. The number of methoxy groups -OCH3 is 1. The molecular weight excluding hydrogens is 210 g/mol. The second kappa shape index (κ2) is 5.54. The predicted octanol–water partition coefficient (Wildman–Crippen LogP) is 3.49. The number of ether oxygens (including phenoxy) is 1. The molecular formula is C15H25NO. The Balaban J connectivity index is 2.97. The van der Waals surface area contributed by atoms with E-state index in [1.54, 1.807) is 7.11 Å². The van der Waals surface area contributed by atoms with E-state index < -0.39 is 0 Å². The van der Waals surface area contributed by atoms with Crippen LogP contribution in [0.15, 0.2) is 18.2 Å². The van der Waals surface area contributed by atoms with Crippen LogP contribution in [0, 0.1) is 0 Å². The zero-order chi connectivity index (χ0) is 13.1. The van der Waals surface area contributed by atoms with Gasteiger partial charge in [0, 0.05) is 12.6 Å². The fourth-order valence-electron chi connectivity index (χ4n) is 1.77. The van der Waals surface area contributed by atoms with Crippen LogP contribution >= 0.6 is 0 Å². The molecule has 2 heteroatoms.